The van der Waals surface area contributed by atoms with Gasteiger partial charge in [-0.3, -0.25) is 4.79 Å². The van der Waals surface area contributed by atoms with E-state index in [0.29, 0.717) is 34.3 Å². The van der Waals surface area contributed by atoms with Crippen LogP contribution in [0, 0.1) is 0 Å². The lowest BCUT2D eigenvalue weighted by atomic mass is 10.1. The molecule has 0 fully saturated rings. The maximum Gasteiger partial charge on any atom is 0.238 e. The van der Waals surface area contributed by atoms with Gasteiger partial charge in [0, 0.05) is 12.2 Å². The minimum Gasteiger partial charge on any atom is -0.312 e. The average molecular weight is 385 g/mol. The van der Waals surface area contributed by atoms with Gasteiger partial charge in [0.05, 0.1) is 21.4 Å². The van der Waals surface area contributed by atoms with E-state index in [1.165, 1.54) is 12.1 Å². The smallest absolute Gasteiger partial charge is 0.238 e. The van der Waals surface area contributed by atoms with E-state index in [2.05, 4.69) is 0 Å². The zero-order valence-electron chi connectivity index (χ0n) is 12.5. The number of benzene rings is 2. The van der Waals surface area contributed by atoms with Crippen molar-refractivity contribution in [3.8, 4) is 0 Å². The normalized spacial score (nSPS) is 13.9. The van der Waals surface area contributed by atoms with Crippen LogP contribution in [0.2, 0.25) is 10.0 Å². The molecule has 0 bridgehead atoms. The molecule has 1 aliphatic heterocycles. The van der Waals surface area contributed by atoms with Crippen molar-refractivity contribution < 1.29 is 13.2 Å². The first-order chi connectivity index (χ1) is 11.3. The number of hydrogen-bond acceptors (Lipinski definition) is 3. The van der Waals surface area contributed by atoms with Crippen LogP contribution < -0.4 is 10.0 Å². The Morgan fingerprint density at radius 1 is 1.21 bits per heavy atom. The van der Waals surface area contributed by atoms with Gasteiger partial charge in [-0.25, -0.2) is 13.6 Å². The van der Waals surface area contributed by atoms with Crippen molar-refractivity contribution in [1.29, 1.82) is 0 Å². The molecule has 0 atom stereocenters. The lowest BCUT2D eigenvalue weighted by Crippen LogP contribution is -2.30. The second kappa shape index (κ2) is 6.37. The van der Waals surface area contributed by atoms with Crippen LogP contribution in [0.15, 0.2) is 41.3 Å². The molecule has 5 nitrogen and oxygen atoms in total. The van der Waals surface area contributed by atoms with E-state index in [-0.39, 0.29) is 17.2 Å². The molecule has 1 amide bonds. The van der Waals surface area contributed by atoms with Crippen LogP contribution in [0.25, 0.3) is 0 Å². The van der Waals surface area contributed by atoms with E-state index in [1.807, 2.05) is 0 Å². The number of amides is 1. The number of primary sulfonamides is 1. The van der Waals surface area contributed by atoms with Gasteiger partial charge < -0.3 is 4.90 Å². The molecule has 0 spiro atoms. The molecule has 1 heterocycles. The molecular weight excluding hydrogens is 371 g/mol. The molecule has 0 unspecified atom stereocenters. The highest BCUT2D eigenvalue weighted by Gasteiger charge is 2.26. The van der Waals surface area contributed by atoms with Crippen molar-refractivity contribution in [1.82, 2.24) is 0 Å². The summed E-state index contributed by atoms with van der Waals surface area (Å²) in [6.45, 7) is 0.487. The number of nitrogens with zero attached hydrogens (tertiary/aromatic N) is 1. The maximum absolute atomic E-state index is 12.6. The molecule has 2 aromatic carbocycles. The summed E-state index contributed by atoms with van der Waals surface area (Å²) in [5.74, 6) is -0.124. The highest BCUT2D eigenvalue weighted by molar-refractivity contribution is 7.89. The van der Waals surface area contributed by atoms with Gasteiger partial charge in [-0.2, -0.15) is 0 Å². The third-order valence-corrected chi connectivity index (χ3v) is 5.72. The standard InChI is InChI=1S/C16H14Cl2N2O3S/c17-13-3-1-2-11(16(13)18)9-15(21)20-7-6-10-8-12(24(19,22)23)4-5-14(10)20/h1-5,8H,6-7,9H2,(H2,19,22,23). The third-order valence-electron chi connectivity index (χ3n) is 3.95. The third kappa shape index (κ3) is 3.28. The Bertz CT molecular complexity index is 929. The van der Waals surface area contributed by atoms with Crippen molar-refractivity contribution in [3.05, 3.63) is 57.6 Å². The maximum atomic E-state index is 12.6. The number of rotatable bonds is 3. The van der Waals surface area contributed by atoms with Crippen LogP contribution >= 0.6 is 23.2 Å². The molecule has 2 N–H and O–H groups in total. The van der Waals surface area contributed by atoms with Crippen LogP contribution in [0.4, 0.5) is 5.69 Å². The van der Waals surface area contributed by atoms with E-state index < -0.39 is 10.0 Å². The van der Waals surface area contributed by atoms with Gasteiger partial charge in [0.1, 0.15) is 0 Å². The van der Waals surface area contributed by atoms with Crippen LogP contribution in [0.5, 0.6) is 0 Å². The first-order valence-electron chi connectivity index (χ1n) is 7.16. The van der Waals surface area contributed by atoms with E-state index in [9.17, 15) is 13.2 Å². The Morgan fingerprint density at radius 2 is 1.96 bits per heavy atom. The predicted molar refractivity (Wildman–Crippen MR) is 94.0 cm³/mol. The largest absolute Gasteiger partial charge is 0.312 e. The number of sulfonamides is 1. The van der Waals surface area contributed by atoms with Crippen LogP contribution in [0.1, 0.15) is 11.1 Å². The van der Waals surface area contributed by atoms with E-state index >= 15 is 0 Å². The Morgan fingerprint density at radius 3 is 2.67 bits per heavy atom. The molecule has 2 aromatic rings. The summed E-state index contributed by atoms with van der Waals surface area (Å²) in [6, 6.07) is 9.70. The first-order valence-corrected chi connectivity index (χ1v) is 9.46. The Labute approximate surface area is 150 Å². The molecule has 8 heteroatoms. The number of anilines is 1. The molecule has 3 rings (SSSR count). The van der Waals surface area contributed by atoms with Gasteiger partial charge in [-0.05, 0) is 41.8 Å². The minimum absolute atomic E-state index is 0.0495. The van der Waals surface area contributed by atoms with Crippen molar-refractivity contribution in [2.24, 2.45) is 5.14 Å². The van der Waals surface area contributed by atoms with Crippen molar-refractivity contribution >= 4 is 44.8 Å². The fourth-order valence-corrected chi connectivity index (χ4v) is 3.71. The molecule has 1 aliphatic rings. The quantitative estimate of drug-likeness (QED) is 0.882. The fourth-order valence-electron chi connectivity index (χ4n) is 2.76. The monoisotopic (exact) mass is 384 g/mol. The molecule has 0 aromatic heterocycles. The predicted octanol–water partition coefficient (Wildman–Crippen LogP) is 2.77. The number of halogens is 2. The van der Waals surface area contributed by atoms with Gasteiger partial charge in [0.15, 0.2) is 0 Å². The molecule has 126 valence electrons. The Hall–Kier alpha value is -1.60. The number of nitrogens with two attached hydrogens (primary N) is 1. The summed E-state index contributed by atoms with van der Waals surface area (Å²) >= 11 is 12.1. The highest BCUT2D eigenvalue weighted by atomic mass is 35.5. The highest BCUT2D eigenvalue weighted by Crippen LogP contribution is 2.32. The van der Waals surface area contributed by atoms with Crippen molar-refractivity contribution in [3.63, 3.8) is 0 Å². The van der Waals surface area contributed by atoms with Gasteiger partial charge >= 0.3 is 0 Å². The Kier molecular flexibility index (Phi) is 4.57. The van der Waals surface area contributed by atoms with E-state index in [4.69, 9.17) is 28.3 Å². The summed E-state index contributed by atoms with van der Waals surface area (Å²) in [4.78, 5) is 14.3. The van der Waals surface area contributed by atoms with Gasteiger partial charge in [-0.1, -0.05) is 35.3 Å². The van der Waals surface area contributed by atoms with Crippen LogP contribution in [-0.2, 0) is 27.7 Å². The summed E-state index contributed by atoms with van der Waals surface area (Å²) in [5.41, 5.74) is 2.14. The minimum atomic E-state index is -3.76. The molecule has 0 saturated carbocycles. The first kappa shape index (κ1) is 17.2. The fraction of sp³-hybridized carbons (Fsp3) is 0.188. The van der Waals surface area contributed by atoms with Crippen molar-refractivity contribution in [2.75, 3.05) is 11.4 Å². The zero-order valence-corrected chi connectivity index (χ0v) is 14.8. The number of hydrogen-bond donors (Lipinski definition) is 1. The lowest BCUT2D eigenvalue weighted by Gasteiger charge is -2.18. The van der Waals surface area contributed by atoms with Crippen LogP contribution in [0.3, 0.4) is 0 Å². The summed E-state index contributed by atoms with van der Waals surface area (Å²) in [5, 5.41) is 5.92. The van der Waals surface area contributed by atoms with Gasteiger partial charge in [0.25, 0.3) is 0 Å². The molecule has 0 saturated heterocycles. The molecule has 24 heavy (non-hydrogen) atoms. The SMILES string of the molecule is NS(=O)(=O)c1ccc2c(c1)CCN2C(=O)Cc1cccc(Cl)c1Cl. The number of carbonyl (C=O) groups is 1. The number of fused-ring (bicyclic) bond motifs is 1. The second-order valence-corrected chi connectivity index (χ2v) is 7.87. The Balaban J connectivity index is 1.86. The summed E-state index contributed by atoms with van der Waals surface area (Å²) in [6.07, 6.45) is 0.698. The molecule has 0 aliphatic carbocycles. The summed E-state index contributed by atoms with van der Waals surface area (Å²) < 4.78 is 22.9. The second-order valence-electron chi connectivity index (χ2n) is 5.52. The average Bonchev–Trinajstić information content (AvgIpc) is 2.94. The zero-order chi connectivity index (χ0) is 17.5. The van der Waals surface area contributed by atoms with E-state index in [1.54, 1.807) is 29.2 Å². The van der Waals surface area contributed by atoms with Crippen LogP contribution in [-0.4, -0.2) is 20.9 Å². The van der Waals surface area contributed by atoms with E-state index in [0.717, 1.165) is 5.56 Å². The lowest BCUT2D eigenvalue weighted by molar-refractivity contribution is -0.117. The van der Waals surface area contributed by atoms with Gasteiger partial charge in [-0.15, -0.1) is 0 Å². The molecule has 0 radical (unpaired) electrons. The molecular formula is C16H14Cl2N2O3S. The topological polar surface area (TPSA) is 80.5 Å². The van der Waals surface area contributed by atoms with Crippen molar-refractivity contribution in [2.45, 2.75) is 17.7 Å². The van der Waals surface area contributed by atoms with Gasteiger partial charge in [0.2, 0.25) is 15.9 Å². The summed E-state index contributed by atoms with van der Waals surface area (Å²) in [7, 11) is -3.76. The number of carbonyl (C=O) groups excluding carboxylic acids is 1.